The van der Waals surface area contributed by atoms with Gasteiger partial charge >= 0.3 is 0 Å². The van der Waals surface area contributed by atoms with E-state index in [9.17, 15) is 4.39 Å². The summed E-state index contributed by atoms with van der Waals surface area (Å²) >= 11 is 5.89. The van der Waals surface area contributed by atoms with Crippen LogP contribution in [0.1, 0.15) is 18.7 Å². The number of hydrogen-bond donors (Lipinski definition) is 0. The van der Waals surface area contributed by atoms with Gasteiger partial charge in [0.05, 0.1) is 12.6 Å². The quantitative estimate of drug-likeness (QED) is 0.785. The number of hydrogen-bond acceptors (Lipinski definition) is 2. The van der Waals surface area contributed by atoms with Crippen molar-refractivity contribution in [3.63, 3.8) is 0 Å². The van der Waals surface area contributed by atoms with E-state index in [0.29, 0.717) is 12.4 Å². The van der Waals surface area contributed by atoms with Gasteiger partial charge in [0.15, 0.2) is 5.65 Å². The molecule has 17 heavy (non-hydrogen) atoms. The first-order valence-electron chi connectivity index (χ1n) is 5.70. The van der Waals surface area contributed by atoms with Crippen molar-refractivity contribution in [3.8, 4) is 0 Å². The number of pyridine rings is 1. The van der Waals surface area contributed by atoms with Crippen molar-refractivity contribution in [3.05, 3.63) is 24.2 Å². The number of nitrogens with zero attached hydrogens (tertiary/aromatic N) is 3. The van der Waals surface area contributed by atoms with Gasteiger partial charge in [-0.15, -0.1) is 11.6 Å². The second-order valence-corrected chi connectivity index (χ2v) is 4.99. The summed E-state index contributed by atoms with van der Waals surface area (Å²) in [6.45, 7) is 0.361. The normalized spacial score (nSPS) is 17.5. The molecule has 90 valence electrons. The summed E-state index contributed by atoms with van der Waals surface area (Å²) in [5, 5.41) is 0. The van der Waals surface area contributed by atoms with Crippen molar-refractivity contribution in [2.75, 3.05) is 6.67 Å². The maximum atomic E-state index is 13.0. The third kappa shape index (κ3) is 1.80. The van der Waals surface area contributed by atoms with Crippen LogP contribution in [0, 0.1) is 5.41 Å². The van der Waals surface area contributed by atoms with Gasteiger partial charge in [0.2, 0.25) is 0 Å². The van der Waals surface area contributed by atoms with Gasteiger partial charge in [0, 0.05) is 18.2 Å². The van der Waals surface area contributed by atoms with E-state index in [1.165, 1.54) is 0 Å². The molecule has 0 aliphatic heterocycles. The van der Waals surface area contributed by atoms with Crippen LogP contribution >= 0.6 is 11.6 Å². The number of alkyl halides is 2. The fourth-order valence-corrected chi connectivity index (χ4v) is 2.32. The van der Waals surface area contributed by atoms with E-state index in [4.69, 9.17) is 11.6 Å². The van der Waals surface area contributed by atoms with Crippen molar-refractivity contribution in [1.29, 1.82) is 0 Å². The van der Waals surface area contributed by atoms with Crippen LogP contribution in [0.25, 0.3) is 11.2 Å². The average molecular weight is 254 g/mol. The maximum absolute atomic E-state index is 13.0. The highest BCUT2D eigenvalue weighted by Crippen LogP contribution is 2.48. The average Bonchev–Trinajstić information content (AvgIpc) is 3.06. The second kappa shape index (κ2) is 3.95. The van der Waals surface area contributed by atoms with Crippen LogP contribution in [-0.2, 0) is 12.4 Å². The van der Waals surface area contributed by atoms with Gasteiger partial charge in [-0.1, -0.05) is 0 Å². The van der Waals surface area contributed by atoms with E-state index in [1.54, 1.807) is 6.20 Å². The molecule has 0 spiro atoms. The molecule has 0 bridgehead atoms. The Hall–Kier alpha value is -1.16. The molecule has 3 nitrogen and oxygen atoms in total. The summed E-state index contributed by atoms with van der Waals surface area (Å²) in [6.07, 6.45) is 3.61. The Morgan fingerprint density at radius 3 is 2.94 bits per heavy atom. The van der Waals surface area contributed by atoms with Gasteiger partial charge in [0.1, 0.15) is 11.3 Å². The van der Waals surface area contributed by atoms with Crippen LogP contribution in [0.15, 0.2) is 18.3 Å². The summed E-state index contributed by atoms with van der Waals surface area (Å²) in [6, 6.07) is 3.75. The Kier molecular flexibility index (Phi) is 2.54. The molecular formula is C12H13ClFN3. The lowest BCUT2D eigenvalue weighted by Gasteiger charge is -2.13. The zero-order valence-electron chi connectivity index (χ0n) is 9.37. The zero-order valence-corrected chi connectivity index (χ0v) is 10.1. The molecule has 1 aliphatic rings. The third-order valence-corrected chi connectivity index (χ3v) is 3.68. The highest BCUT2D eigenvalue weighted by molar-refractivity contribution is 6.16. The number of rotatable bonds is 4. The highest BCUT2D eigenvalue weighted by atomic mass is 35.5. The zero-order chi connectivity index (χ0) is 11.9. The Labute approximate surface area is 104 Å². The van der Waals surface area contributed by atoms with Gasteiger partial charge < -0.3 is 4.57 Å². The first kappa shape index (κ1) is 11.0. The summed E-state index contributed by atoms with van der Waals surface area (Å²) in [4.78, 5) is 8.74. The summed E-state index contributed by atoms with van der Waals surface area (Å²) in [5.74, 6) is 1.11. The molecule has 0 aromatic carbocycles. The molecule has 0 atom stereocenters. The largest absolute Gasteiger partial charge is 0.311 e. The molecule has 0 saturated heterocycles. The maximum Gasteiger partial charge on any atom is 0.160 e. The van der Waals surface area contributed by atoms with Gasteiger partial charge in [-0.25, -0.2) is 9.97 Å². The summed E-state index contributed by atoms with van der Waals surface area (Å²) in [7, 11) is 0. The molecular weight excluding hydrogens is 241 g/mol. The van der Waals surface area contributed by atoms with E-state index < -0.39 is 0 Å². The summed E-state index contributed by atoms with van der Waals surface area (Å²) in [5.41, 5.74) is 1.45. The molecule has 1 aliphatic carbocycles. The van der Waals surface area contributed by atoms with Crippen molar-refractivity contribution < 1.29 is 4.39 Å². The molecule has 1 saturated carbocycles. The highest BCUT2D eigenvalue weighted by Gasteiger charge is 2.43. The van der Waals surface area contributed by atoms with Crippen LogP contribution in [0.5, 0.6) is 0 Å². The number of aromatic nitrogens is 3. The smallest absolute Gasteiger partial charge is 0.160 e. The minimum absolute atomic E-state index is 0.189. The molecule has 2 heterocycles. The molecule has 0 unspecified atom stereocenters. The van der Waals surface area contributed by atoms with Crippen LogP contribution in [-0.4, -0.2) is 21.2 Å². The molecule has 2 aromatic heterocycles. The van der Waals surface area contributed by atoms with Crippen molar-refractivity contribution in [2.24, 2.45) is 5.41 Å². The lowest BCUT2D eigenvalue weighted by molar-refractivity contribution is 0.305. The molecule has 3 rings (SSSR count). The predicted molar refractivity (Wildman–Crippen MR) is 64.7 cm³/mol. The van der Waals surface area contributed by atoms with E-state index in [1.807, 2.05) is 16.7 Å². The Bertz CT molecular complexity index is 548. The van der Waals surface area contributed by atoms with Crippen molar-refractivity contribution >= 4 is 22.8 Å². The predicted octanol–water partition coefficient (Wildman–Crippen LogP) is 2.92. The second-order valence-electron chi connectivity index (χ2n) is 4.73. The number of halogens is 2. The van der Waals surface area contributed by atoms with Gasteiger partial charge in [-0.05, 0) is 25.0 Å². The molecule has 5 heteroatoms. The molecule has 0 radical (unpaired) electrons. The topological polar surface area (TPSA) is 30.7 Å². The SMILES string of the molecule is FCC1(Cn2c(CCl)nc3cccnc32)CC1. The van der Waals surface area contributed by atoms with E-state index in [-0.39, 0.29) is 12.1 Å². The Balaban J connectivity index is 2.06. The van der Waals surface area contributed by atoms with E-state index in [2.05, 4.69) is 9.97 Å². The minimum atomic E-state index is -0.277. The third-order valence-electron chi connectivity index (χ3n) is 3.44. The summed E-state index contributed by atoms with van der Waals surface area (Å²) < 4.78 is 14.9. The number of imidazole rings is 1. The van der Waals surface area contributed by atoms with Crippen LogP contribution in [0.2, 0.25) is 0 Å². The lowest BCUT2D eigenvalue weighted by Crippen LogP contribution is -2.15. The lowest BCUT2D eigenvalue weighted by atomic mass is 10.1. The van der Waals surface area contributed by atoms with Crippen molar-refractivity contribution in [2.45, 2.75) is 25.3 Å². The minimum Gasteiger partial charge on any atom is -0.311 e. The Morgan fingerprint density at radius 2 is 2.29 bits per heavy atom. The van der Waals surface area contributed by atoms with E-state index >= 15 is 0 Å². The fraction of sp³-hybridized carbons (Fsp3) is 0.500. The standard InChI is InChI=1S/C12H13ClFN3/c13-6-10-16-9-2-1-5-15-11(9)17(10)8-12(7-14)3-4-12/h1-2,5H,3-4,6-8H2. The van der Waals surface area contributed by atoms with Gasteiger partial charge in [-0.2, -0.15) is 0 Å². The monoisotopic (exact) mass is 253 g/mol. The van der Waals surface area contributed by atoms with Crippen molar-refractivity contribution in [1.82, 2.24) is 14.5 Å². The number of fused-ring (bicyclic) bond motifs is 1. The first-order valence-corrected chi connectivity index (χ1v) is 6.23. The van der Waals surface area contributed by atoms with E-state index in [0.717, 1.165) is 29.8 Å². The van der Waals surface area contributed by atoms with Crippen LogP contribution in [0.4, 0.5) is 4.39 Å². The van der Waals surface area contributed by atoms with Crippen LogP contribution in [0.3, 0.4) is 0 Å². The molecule has 0 amide bonds. The van der Waals surface area contributed by atoms with Gasteiger partial charge in [0.25, 0.3) is 0 Å². The fourth-order valence-electron chi connectivity index (χ4n) is 2.12. The van der Waals surface area contributed by atoms with Gasteiger partial charge in [-0.3, -0.25) is 4.39 Å². The Morgan fingerprint density at radius 1 is 1.47 bits per heavy atom. The molecule has 0 N–H and O–H groups in total. The van der Waals surface area contributed by atoms with Crippen LogP contribution < -0.4 is 0 Å². The first-order chi connectivity index (χ1) is 8.28. The molecule has 1 fully saturated rings. The molecule has 2 aromatic rings.